The molecule has 0 aliphatic carbocycles. The molecule has 3 aromatic rings. The van der Waals surface area contributed by atoms with Crippen molar-refractivity contribution in [1.29, 1.82) is 0 Å². The zero-order chi connectivity index (χ0) is 31.0. The number of allylic oxidation sites excluding steroid dienone is 4. The van der Waals surface area contributed by atoms with Crippen molar-refractivity contribution < 1.29 is 4.74 Å². The molecule has 0 radical (unpaired) electrons. The van der Waals surface area contributed by atoms with Crippen molar-refractivity contribution in [3.05, 3.63) is 62.7 Å². The van der Waals surface area contributed by atoms with Crippen LogP contribution in [0.5, 0.6) is 5.75 Å². The highest BCUT2D eigenvalue weighted by Gasteiger charge is 2.28. The largest absolute Gasteiger partial charge is 0.492 e. The van der Waals surface area contributed by atoms with Crippen molar-refractivity contribution in [2.75, 3.05) is 7.11 Å². The molecular formula is C38H50N4O. The van der Waals surface area contributed by atoms with E-state index in [0.717, 1.165) is 96.5 Å². The van der Waals surface area contributed by atoms with Crippen LogP contribution in [0.25, 0.3) is 44.4 Å². The van der Waals surface area contributed by atoms with E-state index in [0.29, 0.717) is 0 Å². The number of ether oxygens (including phenoxy) is 1. The summed E-state index contributed by atoms with van der Waals surface area (Å²) >= 11 is 0. The van der Waals surface area contributed by atoms with Gasteiger partial charge in [-0.2, -0.15) is 0 Å². The highest BCUT2D eigenvalue weighted by molar-refractivity contribution is 5.99. The molecule has 3 aromatic heterocycles. The minimum atomic E-state index is 0.843. The minimum Gasteiger partial charge on any atom is -0.492 e. The molecule has 0 saturated carbocycles. The highest BCUT2D eigenvalue weighted by atomic mass is 16.5. The van der Waals surface area contributed by atoms with E-state index in [1.165, 1.54) is 55.6 Å². The highest BCUT2D eigenvalue weighted by Crippen LogP contribution is 2.44. The zero-order valence-electron chi connectivity index (χ0n) is 28.1. The number of nitrogens with zero attached hydrogens (tertiary/aromatic N) is 2. The van der Waals surface area contributed by atoms with Crippen molar-refractivity contribution in [2.24, 2.45) is 0 Å². The van der Waals surface area contributed by atoms with E-state index in [1.54, 1.807) is 7.11 Å². The summed E-state index contributed by atoms with van der Waals surface area (Å²) in [6.45, 7) is 20.2. The molecule has 0 aromatic carbocycles. The van der Waals surface area contributed by atoms with E-state index < -0.39 is 0 Å². The van der Waals surface area contributed by atoms with Gasteiger partial charge in [0.15, 0.2) is 5.75 Å². The van der Waals surface area contributed by atoms with Gasteiger partial charge in [0.05, 0.1) is 29.7 Å². The van der Waals surface area contributed by atoms with Crippen LogP contribution in [0.1, 0.15) is 132 Å². The lowest BCUT2D eigenvalue weighted by molar-refractivity contribution is 0.415. The van der Waals surface area contributed by atoms with Crippen LogP contribution < -0.4 is 4.74 Å². The number of H-pyrrole nitrogens is 2. The van der Waals surface area contributed by atoms with Gasteiger partial charge in [-0.3, -0.25) is 0 Å². The summed E-state index contributed by atoms with van der Waals surface area (Å²) in [7, 11) is 1.79. The first-order valence-corrected chi connectivity index (χ1v) is 16.6. The van der Waals surface area contributed by atoms with Gasteiger partial charge in [0, 0.05) is 22.1 Å². The van der Waals surface area contributed by atoms with Crippen LogP contribution in [-0.2, 0) is 25.7 Å². The van der Waals surface area contributed by atoms with Crippen molar-refractivity contribution >= 4 is 44.4 Å². The molecule has 2 aliphatic rings. The summed E-state index contributed by atoms with van der Waals surface area (Å²) in [5.41, 5.74) is 20.7. The van der Waals surface area contributed by atoms with Gasteiger partial charge in [0.2, 0.25) is 0 Å². The van der Waals surface area contributed by atoms with Gasteiger partial charge in [0.25, 0.3) is 0 Å². The third kappa shape index (κ3) is 4.85. The van der Waals surface area contributed by atoms with Crippen molar-refractivity contribution in [3.8, 4) is 5.75 Å². The maximum atomic E-state index is 6.30. The monoisotopic (exact) mass is 578 g/mol. The van der Waals surface area contributed by atoms with Gasteiger partial charge in [-0.15, -0.1) is 0 Å². The van der Waals surface area contributed by atoms with Gasteiger partial charge in [-0.25, -0.2) is 9.97 Å². The molecule has 5 heteroatoms. The van der Waals surface area contributed by atoms with E-state index in [2.05, 4.69) is 84.4 Å². The molecule has 0 saturated heterocycles. The number of hydrogen-bond acceptors (Lipinski definition) is 3. The quantitative estimate of drug-likeness (QED) is 0.265. The third-order valence-electron chi connectivity index (χ3n) is 9.64. The first-order valence-electron chi connectivity index (χ1n) is 16.6. The number of methoxy groups -OCH3 is 1. The van der Waals surface area contributed by atoms with Crippen LogP contribution in [-0.4, -0.2) is 27.0 Å². The first kappa shape index (κ1) is 30.8. The molecule has 8 bridgehead atoms. The van der Waals surface area contributed by atoms with Crippen molar-refractivity contribution in [1.82, 2.24) is 19.9 Å². The summed E-state index contributed by atoms with van der Waals surface area (Å²) in [4.78, 5) is 18.5. The average Bonchev–Trinajstić information content (AvgIpc) is 3.76. The smallest absolute Gasteiger partial charge is 0.168 e. The molecule has 0 spiro atoms. The van der Waals surface area contributed by atoms with E-state index in [9.17, 15) is 0 Å². The molecule has 0 amide bonds. The van der Waals surface area contributed by atoms with Crippen LogP contribution in [0.2, 0.25) is 0 Å². The zero-order valence-corrected chi connectivity index (χ0v) is 28.1. The standard InChI is InChI=1S/C38H50N4O/c1-11-22-23(12-2)31-20-33-25(14-4)27(16-6)36(41-33)38(43-10)37-29(18-8)28(17-7)35(42-37)21(9)34-26(15-5)24(13-3)32(40-34)19-30(22)39-31/h19-20,39,41H,11-18H2,1-10H3. The van der Waals surface area contributed by atoms with Crippen molar-refractivity contribution in [2.45, 2.75) is 114 Å². The molecule has 5 rings (SSSR count). The molecule has 5 nitrogen and oxygen atoms in total. The Labute approximate surface area is 257 Å². The topological polar surface area (TPSA) is 66.6 Å². The normalized spacial score (nSPS) is 13.4. The van der Waals surface area contributed by atoms with Crippen molar-refractivity contribution in [3.63, 3.8) is 0 Å². The SMILES string of the molecule is CCC1=C(CC)c2nc1cc1[nH]c(cc3[nH]c(c(CC)c3CC)c(OC)c3nc(c2C)C(CC)=C3CC)c(CC)c1CC. The number of aryl methyl sites for hydroxylation is 4. The van der Waals surface area contributed by atoms with E-state index in [4.69, 9.17) is 14.7 Å². The Morgan fingerprint density at radius 2 is 1.00 bits per heavy atom. The van der Waals surface area contributed by atoms with Crippen LogP contribution in [0.4, 0.5) is 0 Å². The second-order valence-corrected chi connectivity index (χ2v) is 11.6. The van der Waals surface area contributed by atoms with Gasteiger partial charge in [0.1, 0.15) is 5.69 Å². The molecule has 2 N–H and O–H groups in total. The first-order chi connectivity index (χ1) is 20.8. The fourth-order valence-electron chi connectivity index (χ4n) is 7.65. The summed E-state index contributed by atoms with van der Waals surface area (Å²) in [6.07, 6.45) is 7.50. The maximum absolute atomic E-state index is 6.30. The maximum Gasteiger partial charge on any atom is 0.168 e. The Morgan fingerprint density at radius 1 is 0.535 bits per heavy atom. The van der Waals surface area contributed by atoms with Gasteiger partial charge >= 0.3 is 0 Å². The second-order valence-electron chi connectivity index (χ2n) is 11.6. The lowest BCUT2D eigenvalue weighted by Crippen LogP contribution is -1.94. The van der Waals surface area contributed by atoms with E-state index in [1.807, 2.05) is 0 Å². The third-order valence-corrected chi connectivity index (χ3v) is 9.64. The fourth-order valence-corrected chi connectivity index (χ4v) is 7.65. The van der Waals surface area contributed by atoms with Gasteiger partial charge in [-0.1, -0.05) is 55.4 Å². The summed E-state index contributed by atoms with van der Waals surface area (Å²) in [5.74, 6) is 0.843. The molecule has 2 aliphatic heterocycles. The lowest BCUT2D eigenvalue weighted by atomic mass is 9.94. The number of aromatic nitrogens is 4. The molecule has 0 unspecified atom stereocenters. The Morgan fingerprint density at radius 3 is 1.53 bits per heavy atom. The Hall–Kier alpha value is -3.60. The Kier molecular flexibility index (Phi) is 9.01. The molecule has 228 valence electrons. The number of nitrogens with one attached hydrogen (secondary N) is 2. The minimum absolute atomic E-state index is 0.843. The van der Waals surface area contributed by atoms with Crippen LogP contribution >= 0.6 is 0 Å². The molecular weight excluding hydrogens is 528 g/mol. The average molecular weight is 579 g/mol. The summed E-state index contributed by atoms with van der Waals surface area (Å²) < 4.78 is 6.30. The Balaban J connectivity index is 2.13. The van der Waals surface area contributed by atoms with Gasteiger partial charge < -0.3 is 14.7 Å². The second kappa shape index (κ2) is 12.6. The van der Waals surface area contributed by atoms with E-state index in [-0.39, 0.29) is 0 Å². The van der Waals surface area contributed by atoms with E-state index >= 15 is 0 Å². The molecule has 43 heavy (non-hydrogen) atoms. The number of rotatable bonds is 9. The predicted molar refractivity (Wildman–Crippen MR) is 185 cm³/mol. The molecule has 5 heterocycles. The Bertz CT molecular complexity index is 1790. The number of aromatic amines is 2. The predicted octanol–water partition coefficient (Wildman–Crippen LogP) is 10.3. The van der Waals surface area contributed by atoms with Gasteiger partial charge in [-0.05, 0) is 115 Å². The van der Waals surface area contributed by atoms with Crippen LogP contribution in [0.3, 0.4) is 0 Å². The summed E-state index contributed by atoms with van der Waals surface area (Å²) in [5, 5.41) is 0. The van der Waals surface area contributed by atoms with Crippen LogP contribution in [0, 0.1) is 6.92 Å². The summed E-state index contributed by atoms with van der Waals surface area (Å²) in [6, 6.07) is 4.64. The lowest BCUT2D eigenvalue weighted by Gasteiger charge is -2.09. The fraction of sp³-hybridized carbons (Fsp3) is 0.474. The number of hydrogen-bond donors (Lipinski definition) is 2. The molecule has 0 fully saturated rings. The number of fused-ring (bicyclic) bond motifs is 8. The molecule has 0 atom stereocenters. The van der Waals surface area contributed by atoms with Crippen LogP contribution in [0.15, 0.2) is 12.1 Å².